The van der Waals surface area contributed by atoms with E-state index in [1.807, 2.05) is 11.3 Å². The molecule has 0 aromatic carbocycles. The minimum atomic E-state index is 1.04. The minimum Gasteiger partial charge on any atom is -0.145 e. The Morgan fingerprint density at radius 3 is 2.70 bits per heavy atom. The van der Waals surface area contributed by atoms with Crippen molar-refractivity contribution < 1.29 is 0 Å². The molecule has 0 saturated carbocycles. The lowest BCUT2D eigenvalue weighted by Gasteiger charge is -1.92. The van der Waals surface area contributed by atoms with Gasteiger partial charge >= 0.3 is 0 Å². The second kappa shape index (κ2) is 3.02. The molecule has 1 aromatic rings. The first-order chi connectivity index (χ1) is 4.68. The molecule has 0 saturated heterocycles. The Hall–Kier alpha value is -0.560. The Morgan fingerprint density at radius 2 is 2.30 bits per heavy atom. The summed E-state index contributed by atoms with van der Waals surface area (Å²) in [5, 5.41) is 0. The van der Waals surface area contributed by atoms with Crippen LogP contribution in [0.4, 0.5) is 0 Å². The van der Waals surface area contributed by atoms with Crippen LogP contribution in [0.2, 0.25) is 0 Å². The van der Waals surface area contributed by atoms with Gasteiger partial charge in [-0.3, -0.25) is 0 Å². The number of allylic oxidation sites excluding steroid dienone is 1. The smallest absolute Gasteiger partial charge is 0.00882 e. The molecule has 10 heavy (non-hydrogen) atoms. The Kier molecular flexibility index (Phi) is 2.28. The predicted molar refractivity (Wildman–Crippen MR) is 47.6 cm³/mol. The summed E-state index contributed by atoms with van der Waals surface area (Å²) in [6.07, 6.45) is 1.04. The van der Waals surface area contributed by atoms with Gasteiger partial charge in [0.2, 0.25) is 0 Å². The van der Waals surface area contributed by atoms with Gasteiger partial charge in [0.05, 0.1) is 0 Å². The van der Waals surface area contributed by atoms with E-state index in [2.05, 4.69) is 32.6 Å². The van der Waals surface area contributed by atoms with Gasteiger partial charge in [0.1, 0.15) is 0 Å². The maximum absolute atomic E-state index is 3.87. The van der Waals surface area contributed by atoms with E-state index in [9.17, 15) is 0 Å². The molecule has 1 heteroatoms. The molecule has 0 bridgehead atoms. The number of rotatable bonds is 2. The Labute approximate surface area is 66.2 Å². The van der Waals surface area contributed by atoms with E-state index in [-0.39, 0.29) is 0 Å². The van der Waals surface area contributed by atoms with Crippen LogP contribution in [0.1, 0.15) is 16.7 Å². The monoisotopic (exact) mass is 152 g/mol. The van der Waals surface area contributed by atoms with Crippen molar-refractivity contribution in [2.75, 3.05) is 0 Å². The summed E-state index contributed by atoms with van der Waals surface area (Å²) in [7, 11) is 0. The van der Waals surface area contributed by atoms with Crippen LogP contribution >= 0.6 is 11.3 Å². The van der Waals surface area contributed by atoms with Gasteiger partial charge in [0.25, 0.3) is 0 Å². The van der Waals surface area contributed by atoms with E-state index in [1.54, 1.807) is 0 Å². The SMILES string of the molecule is C=C(C)Cc1ccc(C)s1. The van der Waals surface area contributed by atoms with E-state index in [4.69, 9.17) is 0 Å². The van der Waals surface area contributed by atoms with Gasteiger partial charge < -0.3 is 0 Å². The van der Waals surface area contributed by atoms with E-state index in [0.717, 1.165) is 6.42 Å². The van der Waals surface area contributed by atoms with E-state index in [0.29, 0.717) is 0 Å². The highest BCUT2D eigenvalue weighted by Crippen LogP contribution is 2.17. The molecule has 0 nitrogen and oxygen atoms in total. The second-order valence-corrected chi connectivity index (χ2v) is 4.02. The molecular weight excluding hydrogens is 140 g/mol. The fourth-order valence-corrected chi connectivity index (χ4v) is 1.88. The van der Waals surface area contributed by atoms with Crippen LogP contribution in [0.5, 0.6) is 0 Å². The third-order valence-electron chi connectivity index (χ3n) is 1.27. The summed E-state index contributed by atoms with van der Waals surface area (Å²) in [5.74, 6) is 0. The lowest BCUT2D eigenvalue weighted by molar-refractivity contribution is 1.20. The first-order valence-electron chi connectivity index (χ1n) is 3.38. The zero-order valence-electron chi connectivity index (χ0n) is 6.48. The molecule has 0 amide bonds. The van der Waals surface area contributed by atoms with Crippen molar-refractivity contribution in [2.45, 2.75) is 20.3 Å². The summed E-state index contributed by atoms with van der Waals surface area (Å²) in [5.41, 5.74) is 1.24. The normalized spacial score (nSPS) is 9.80. The second-order valence-electron chi connectivity index (χ2n) is 2.65. The Morgan fingerprint density at radius 1 is 1.60 bits per heavy atom. The van der Waals surface area contributed by atoms with Crippen molar-refractivity contribution in [1.82, 2.24) is 0 Å². The minimum absolute atomic E-state index is 1.04. The molecule has 0 unspecified atom stereocenters. The van der Waals surface area contributed by atoms with Crippen LogP contribution in [0, 0.1) is 6.92 Å². The maximum Gasteiger partial charge on any atom is 0.00882 e. The van der Waals surface area contributed by atoms with Crippen LogP contribution in [0.15, 0.2) is 24.3 Å². The fraction of sp³-hybridized carbons (Fsp3) is 0.333. The Bertz CT molecular complexity index is 233. The van der Waals surface area contributed by atoms with Crippen LogP contribution in [-0.4, -0.2) is 0 Å². The van der Waals surface area contributed by atoms with Crippen molar-refractivity contribution in [1.29, 1.82) is 0 Å². The highest BCUT2D eigenvalue weighted by Gasteiger charge is 1.94. The molecule has 0 atom stereocenters. The summed E-state index contributed by atoms with van der Waals surface area (Å²) in [6.45, 7) is 8.06. The van der Waals surface area contributed by atoms with E-state index >= 15 is 0 Å². The zero-order valence-corrected chi connectivity index (χ0v) is 7.29. The van der Waals surface area contributed by atoms with Gasteiger partial charge in [-0.15, -0.1) is 11.3 Å². The summed E-state index contributed by atoms with van der Waals surface area (Å²) in [4.78, 5) is 2.81. The first kappa shape index (κ1) is 7.55. The maximum atomic E-state index is 3.87. The van der Waals surface area contributed by atoms with Gasteiger partial charge in [-0.2, -0.15) is 0 Å². The summed E-state index contributed by atoms with van der Waals surface area (Å²) < 4.78 is 0. The Balaban J connectivity index is 2.67. The standard InChI is InChI=1S/C9H12S/c1-7(2)6-9-5-4-8(3)10-9/h4-5H,1,6H2,2-3H3. The van der Waals surface area contributed by atoms with Gasteiger partial charge in [-0.05, 0) is 26.0 Å². The number of hydrogen-bond acceptors (Lipinski definition) is 1. The van der Waals surface area contributed by atoms with Gasteiger partial charge in [0, 0.05) is 16.2 Å². The van der Waals surface area contributed by atoms with E-state index < -0.39 is 0 Å². The predicted octanol–water partition coefficient (Wildman–Crippen LogP) is 3.18. The first-order valence-corrected chi connectivity index (χ1v) is 4.20. The van der Waals surface area contributed by atoms with E-state index in [1.165, 1.54) is 15.3 Å². The van der Waals surface area contributed by atoms with Gasteiger partial charge in [-0.1, -0.05) is 12.2 Å². The summed E-state index contributed by atoms with van der Waals surface area (Å²) >= 11 is 1.86. The molecule has 0 radical (unpaired) electrons. The van der Waals surface area contributed by atoms with Crippen molar-refractivity contribution in [3.8, 4) is 0 Å². The molecule has 0 aliphatic rings. The average molecular weight is 152 g/mol. The molecule has 0 N–H and O–H groups in total. The third kappa shape index (κ3) is 1.99. The van der Waals surface area contributed by atoms with Crippen molar-refractivity contribution in [3.63, 3.8) is 0 Å². The van der Waals surface area contributed by atoms with Crippen LogP contribution in [-0.2, 0) is 6.42 Å². The van der Waals surface area contributed by atoms with Gasteiger partial charge in [0.15, 0.2) is 0 Å². The quantitative estimate of drug-likeness (QED) is 0.571. The molecule has 1 rings (SSSR count). The number of thiophene rings is 1. The molecule has 0 fully saturated rings. The number of aryl methyl sites for hydroxylation is 1. The highest BCUT2D eigenvalue weighted by molar-refractivity contribution is 7.11. The highest BCUT2D eigenvalue weighted by atomic mass is 32.1. The molecule has 0 aliphatic carbocycles. The lowest BCUT2D eigenvalue weighted by atomic mass is 10.2. The van der Waals surface area contributed by atoms with Gasteiger partial charge in [-0.25, -0.2) is 0 Å². The van der Waals surface area contributed by atoms with Crippen molar-refractivity contribution >= 4 is 11.3 Å². The molecule has 0 spiro atoms. The van der Waals surface area contributed by atoms with Crippen LogP contribution in [0.3, 0.4) is 0 Å². The molecular formula is C9H12S. The average Bonchev–Trinajstić information content (AvgIpc) is 2.13. The summed E-state index contributed by atoms with van der Waals surface area (Å²) in [6, 6.07) is 4.33. The molecule has 54 valence electrons. The third-order valence-corrected chi connectivity index (χ3v) is 2.27. The zero-order chi connectivity index (χ0) is 7.56. The molecule has 0 aliphatic heterocycles. The lowest BCUT2D eigenvalue weighted by Crippen LogP contribution is -1.77. The van der Waals surface area contributed by atoms with Crippen LogP contribution < -0.4 is 0 Å². The topological polar surface area (TPSA) is 0 Å². The van der Waals surface area contributed by atoms with Crippen molar-refractivity contribution in [3.05, 3.63) is 34.0 Å². The largest absolute Gasteiger partial charge is 0.145 e. The molecule has 1 aromatic heterocycles. The van der Waals surface area contributed by atoms with Crippen molar-refractivity contribution in [2.24, 2.45) is 0 Å². The number of hydrogen-bond donors (Lipinski definition) is 0. The fourth-order valence-electron chi connectivity index (χ4n) is 0.878. The van der Waals surface area contributed by atoms with Crippen LogP contribution in [0.25, 0.3) is 0 Å². The molecule has 1 heterocycles.